The van der Waals surface area contributed by atoms with Crippen molar-refractivity contribution in [1.29, 1.82) is 0 Å². The second-order valence-electron chi connectivity index (χ2n) is 4.10. The summed E-state index contributed by atoms with van der Waals surface area (Å²) in [6.45, 7) is 7.55. The van der Waals surface area contributed by atoms with Gasteiger partial charge in [0, 0.05) is 44.1 Å². The first kappa shape index (κ1) is 9.74. The molecule has 1 aliphatic rings. The van der Waals surface area contributed by atoms with Gasteiger partial charge in [-0.25, -0.2) is 0 Å². The highest BCUT2D eigenvalue weighted by Crippen LogP contribution is 2.21. The van der Waals surface area contributed by atoms with Crippen LogP contribution in [0.2, 0.25) is 0 Å². The van der Waals surface area contributed by atoms with Crippen LogP contribution in [0, 0.1) is 13.8 Å². The SMILES string of the molecule is Cc1cc([C@H]2CNCCN2)c(C)n1C. The van der Waals surface area contributed by atoms with Crippen molar-refractivity contribution in [1.82, 2.24) is 15.2 Å². The molecular formula is C11H19N3. The molecule has 3 nitrogen and oxygen atoms in total. The first-order valence-electron chi connectivity index (χ1n) is 5.27. The standard InChI is InChI=1S/C11H19N3/c1-8-6-10(9(2)14(8)3)11-7-12-4-5-13-11/h6,11-13H,4-5,7H2,1-3H3/t11-/m1/s1. The van der Waals surface area contributed by atoms with Crippen molar-refractivity contribution in [2.45, 2.75) is 19.9 Å². The monoisotopic (exact) mass is 193 g/mol. The predicted molar refractivity (Wildman–Crippen MR) is 58.5 cm³/mol. The van der Waals surface area contributed by atoms with Gasteiger partial charge in [-0.1, -0.05) is 0 Å². The van der Waals surface area contributed by atoms with E-state index in [0.717, 1.165) is 19.6 Å². The van der Waals surface area contributed by atoms with Crippen molar-refractivity contribution >= 4 is 0 Å². The molecule has 2 rings (SSSR count). The number of rotatable bonds is 1. The molecule has 0 aromatic carbocycles. The van der Waals surface area contributed by atoms with E-state index in [-0.39, 0.29) is 0 Å². The van der Waals surface area contributed by atoms with Crippen LogP contribution in [0.25, 0.3) is 0 Å². The summed E-state index contributed by atoms with van der Waals surface area (Å²) in [4.78, 5) is 0. The van der Waals surface area contributed by atoms with Gasteiger partial charge in [-0.3, -0.25) is 0 Å². The maximum Gasteiger partial charge on any atom is 0.0465 e. The Morgan fingerprint density at radius 2 is 2.14 bits per heavy atom. The lowest BCUT2D eigenvalue weighted by Crippen LogP contribution is -2.42. The third-order valence-electron chi connectivity index (χ3n) is 3.23. The molecule has 14 heavy (non-hydrogen) atoms. The summed E-state index contributed by atoms with van der Waals surface area (Å²) >= 11 is 0. The van der Waals surface area contributed by atoms with Crippen LogP contribution in [-0.2, 0) is 7.05 Å². The lowest BCUT2D eigenvalue weighted by atomic mass is 10.1. The van der Waals surface area contributed by atoms with Gasteiger partial charge in [-0.15, -0.1) is 0 Å². The van der Waals surface area contributed by atoms with Gasteiger partial charge in [0.1, 0.15) is 0 Å². The van der Waals surface area contributed by atoms with E-state index in [0.29, 0.717) is 6.04 Å². The highest BCUT2D eigenvalue weighted by atomic mass is 15.1. The Kier molecular flexibility index (Phi) is 2.61. The normalized spacial score (nSPS) is 22.6. The number of piperazine rings is 1. The van der Waals surface area contributed by atoms with Gasteiger partial charge in [-0.2, -0.15) is 0 Å². The number of nitrogens with one attached hydrogen (secondary N) is 2. The highest BCUT2D eigenvalue weighted by molar-refractivity contribution is 5.30. The van der Waals surface area contributed by atoms with E-state index in [1.54, 1.807) is 0 Å². The molecule has 2 N–H and O–H groups in total. The Bertz CT molecular complexity index is 322. The molecule has 78 valence electrons. The molecule has 1 saturated heterocycles. The van der Waals surface area contributed by atoms with Crippen LogP contribution in [0.1, 0.15) is 23.0 Å². The molecule has 0 bridgehead atoms. The summed E-state index contributed by atoms with van der Waals surface area (Å²) in [5.74, 6) is 0. The minimum atomic E-state index is 0.489. The average molecular weight is 193 g/mol. The Labute approximate surface area is 85.5 Å². The van der Waals surface area contributed by atoms with Crippen LogP contribution in [0.15, 0.2) is 6.07 Å². The zero-order valence-corrected chi connectivity index (χ0v) is 9.22. The molecule has 0 unspecified atom stereocenters. The average Bonchev–Trinajstić information content (AvgIpc) is 2.47. The van der Waals surface area contributed by atoms with E-state index in [2.05, 4.69) is 42.2 Å². The van der Waals surface area contributed by atoms with Crippen molar-refractivity contribution < 1.29 is 0 Å². The molecule has 0 radical (unpaired) electrons. The van der Waals surface area contributed by atoms with Crippen molar-refractivity contribution in [2.75, 3.05) is 19.6 Å². The molecule has 1 atom stereocenters. The molecule has 1 aromatic rings. The first-order valence-corrected chi connectivity index (χ1v) is 5.27. The molecule has 0 spiro atoms. The molecule has 1 fully saturated rings. The van der Waals surface area contributed by atoms with Crippen LogP contribution in [-0.4, -0.2) is 24.2 Å². The van der Waals surface area contributed by atoms with E-state index in [1.807, 2.05) is 0 Å². The molecule has 2 heterocycles. The molecule has 3 heteroatoms. The van der Waals surface area contributed by atoms with Crippen molar-refractivity contribution in [3.63, 3.8) is 0 Å². The summed E-state index contributed by atoms with van der Waals surface area (Å²) in [7, 11) is 2.13. The minimum absolute atomic E-state index is 0.489. The number of hydrogen-bond donors (Lipinski definition) is 2. The summed E-state index contributed by atoms with van der Waals surface area (Å²) in [6, 6.07) is 2.78. The van der Waals surface area contributed by atoms with Gasteiger partial charge in [0.2, 0.25) is 0 Å². The van der Waals surface area contributed by atoms with Gasteiger partial charge < -0.3 is 15.2 Å². The number of nitrogens with zero attached hydrogens (tertiary/aromatic N) is 1. The van der Waals surface area contributed by atoms with Crippen LogP contribution < -0.4 is 10.6 Å². The second-order valence-corrected chi connectivity index (χ2v) is 4.10. The van der Waals surface area contributed by atoms with Crippen molar-refractivity contribution in [3.8, 4) is 0 Å². The molecule has 1 aliphatic heterocycles. The summed E-state index contributed by atoms with van der Waals surface area (Å²) in [6.07, 6.45) is 0. The van der Waals surface area contributed by atoms with E-state index >= 15 is 0 Å². The van der Waals surface area contributed by atoms with Crippen LogP contribution >= 0.6 is 0 Å². The largest absolute Gasteiger partial charge is 0.352 e. The van der Waals surface area contributed by atoms with Crippen molar-refractivity contribution in [2.24, 2.45) is 7.05 Å². The molecule has 0 aliphatic carbocycles. The second kappa shape index (κ2) is 3.75. The lowest BCUT2D eigenvalue weighted by Gasteiger charge is -2.24. The zero-order valence-electron chi connectivity index (χ0n) is 9.22. The quantitative estimate of drug-likeness (QED) is 0.693. The topological polar surface area (TPSA) is 29.0 Å². The van der Waals surface area contributed by atoms with Gasteiger partial charge >= 0.3 is 0 Å². The number of aromatic nitrogens is 1. The van der Waals surface area contributed by atoms with Crippen molar-refractivity contribution in [3.05, 3.63) is 23.0 Å². The summed E-state index contributed by atoms with van der Waals surface area (Å²) in [5, 5.41) is 6.96. The zero-order chi connectivity index (χ0) is 10.1. The van der Waals surface area contributed by atoms with Gasteiger partial charge in [-0.05, 0) is 25.5 Å². The molecular weight excluding hydrogens is 174 g/mol. The summed E-state index contributed by atoms with van der Waals surface area (Å²) < 4.78 is 2.26. The van der Waals surface area contributed by atoms with Gasteiger partial charge in [0.25, 0.3) is 0 Å². The van der Waals surface area contributed by atoms with Gasteiger partial charge in [0.05, 0.1) is 0 Å². The first-order chi connectivity index (χ1) is 6.70. The van der Waals surface area contributed by atoms with Crippen LogP contribution in [0.5, 0.6) is 0 Å². The predicted octanol–water partition coefficient (Wildman–Crippen LogP) is 0.876. The number of hydrogen-bond acceptors (Lipinski definition) is 2. The number of aryl methyl sites for hydroxylation is 1. The smallest absolute Gasteiger partial charge is 0.0465 e. The third-order valence-corrected chi connectivity index (χ3v) is 3.23. The Hall–Kier alpha value is -0.800. The molecule has 0 amide bonds. The summed E-state index contributed by atoms with van der Waals surface area (Å²) in [5.41, 5.74) is 4.16. The Morgan fingerprint density at radius 1 is 1.36 bits per heavy atom. The molecule has 1 aromatic heterocycles. The van der Waals surface area contributed by atoms with E-state index in [4.69, 9.17) is 0 Å². The fraction of sp³-hybridized carbons (Fsp3) is 0.636. The molecule has 0 saturated carbocycles. The lowest BCUT2D eigenvalue weighted by molar-refractivity contribution is 0.428. The Morgan fingerprint density at radius 3 is 2.64 bits per heavy atom. The third kappa shape index (κ3) is 1.57. The minimum Gasteiger partial charge on any atom is -0.352 e. The maximum absolute atomic E-state index is 3.54. The van der Waals surface area contributed by atoms with E-state index in [9.17, 15) is 0 Å². The fourth-order valence-corrected chi connectivity index (χ4v) is 2.11. The fourth-order valence-electron chi connectivity index (χ4n) is 2.11. The Balaban J connectivity index is 2.26. The maximum atomic E-state index is 3.54. The van der Waals surface area contributed by atoms with E-state index in [1.165, 1.54) is 17.0 Å². The van der Waals surface area contributed by atoms with E-state index < -0.39 is 0 Å². The van der Waals surface area contributed by atoms with Crippen LogP contribution in [0.4, 0.5) is 0 Å². The van der Waals surface area contributed by atoms with Crippen LogP contribution in [0.3, 0.4) is 0 Å². The highest BCUT2D eigenvalue weighted by Gasteiger charge is 2.18. The van der Waals surface area contributed by atoms with Gasteiger partial charge in [0.15, 0.2) is 0 Å².